The zero-order valence-electron chi connectivity index (χ0n) is 10.7. The summed E-state index contributed by atoms with van der Waals surface area (Å²) in [7, 11) is 1.70. The minimum absolute atomic E-state index is 0.105. The largest absolute Gasteiger partial charge is 0.385 e. The Bertz CT molecular complexity index is 309. The van der Waals surface area contributed by atoms with Crippen LogP contribution in [0.25, 0.3) is 0 Å². The molecule has 0 fully saturated rings. The second-order valence-electron chi connectivity index (χ2n) is 4.25. The zero-order chi connectivity index (χ0) is 12.5. The summed E-state index contributed by atoms with van der Waals surface area (Å²) < 4.78 is 18.6. The predicted octanol–water partition coefficient (Wildman–Crippen LogP) is 2.63. The lowest BCUT2D eigenvalue weighted by Crippen LogP contribution is -2.25. The van der Waals surface area contributed by atoms with E-state index in [1.54, 1.807) is 13.2 Å². The third-order valence-electron chi connectivity index (χ3n) is 2.88. The van der Waals surface area contributed by atoms with Gasteiger partial charge in [0, 0.05) is 13.7 Å². The maximum Gasteiger partial charge on any atom is 0.126 e. The minimum atomic E-state index is -0.105. The van der Waals surface area contributed by atoms with Gasteiger partial charge in [0.15, 0.2) is 0 Å². The summed E-state index contributed by atoms with van der Waals surface area (Å²) >= 11 is 0. The molecule has 0 bridgehead atoms. The lowest BCUT2D eigenvalue weighted by atomic mass is 9.96. The van der Waals surface area contributed by atoms with Gasteiger partial charge in [0.25, 0.3) is 0 Å². The van der Waals surface area contributed by atoms with Crippen LogP contribution in [0.1, 0.15) is 18.9 Å². The highest BCUT2D eigenvalue weighted by Gasteiger charge is 2.11. The lowest BCUT2D eigenvalue weighted by molar-refractivity contribution is 0.176. The third kappa shape index (κ3) is 5.29. The fourth-order valence-corrected chi connectivity index (χ4v) is 1.88. The number of nitrogens with one attached hydrogen (secondary N) is 1. The molecule has 0 aliphatic carbocycles. The molecule has 1 N–H and O–H groups in total. The third-order valence-corrected chi connectivity index (χ3v) is 2.88. The molecular weight excluding hydrogens is 217 g/mol. The first-order chi connectivity index (χ1) is 8.27. The molecule has 0 heterocycles. The Hall–Kier alpha value is -0.930. The van der Waals surface area contributed by atoms with Crippen LogP contribution in [0.5, 0.6) is 0 Å². The molecule has 1 unspecified atom stereocenters. The van der Waals surface area contributed by atoms with Gasteiger partial charge >= 0.3 is 0 Å². The van der Waals surface area contributed by atoms with Crippen LogP contribution in [0, 0.1) is 11.7 Å². The standard InChI is InChI=1S/C14H22FNO/c1-3-16-11-12(8-9-17-2)10-13-6-4-5-7-14(13)15/h4-7,12,16H,3,8-11H2,1-2H3. The number of halogens is 1. The van der Waals surface area contributed by atoms with Crippen molar-refractivity contribution in [3.63, 3.8) is 0 Å². The van der Waals surface area contributed by atoms with E-state index in [-0.39, 0.29) is 5.82 Å². The Morgan fingerprint density at radius 2 is 2.12 bits per heavy atom. The van der Waals surface area contributed by atoms with Crippen molar-refractivity contribution < 1.29 is 9.13 Å². The summed E-state index contributed by atoms with van der Waals surface area (Å²) in [6, 6.07) is 7.00. The highest BCUT2D eigenvalue weighted by molar-refractivity contribution is 5.17. The summed E-state index contributed by atoms with van der Waals surface area (Å²) in [5, 5.41) is 3.32. The average Bonchev–Trinajstić information content (AvgIpc) is 2.35. The highest BCUT2D eigenvalue weighted by Crippen LogP contribution is 2.15. The molecule has 1 aromatic rings. The Morgan fingerprint density at radius 1 is 1.35 bits per heavy atom. The van der Waals surface area contributed by atoms with Crippen molar-refractivity contribution in [1.29, 1.82) is 0 Å². The van der Waals surface area contributed by atoms with Gasteiger partial charge in [-0.3, -0.25) is 0 Å². The van der Waals surface area contributed by atoms with Gasteiger partial charge in [0.2, 0.25) is 0 Å². The molecular formula is C14H22FNO. The first kappa shape index (κ1) is 14.1. The van der Waals surface area contributed by atoms with Crippen molar-refractivity contribution in [1.82, 2.24) is 5.32 Å². The van der Waals surface area contributed by atoms with E-state index in [2.05, 4.69) is 12.2 Å². The van der Waals surface area contributed by atoms with Crippen LogP contribution in [0.3, 0.4) is 0 Å². The molecule has 1 rings (SSSR count). The SMILES string of the molecule is CCNCC(CCOC)Cc1ccccc1F. The number of ether oxygens (including phenoxy) is 1. The molecule has 0 saturated heterocycles. The lowest BCUT2D eigenvalue weighted by Gasteiger charge is -2.17. The van der Waals surface area contributed by atoms with Gasteiger partial charge in [-0.25, -0.2) is 4.39 Å². The average molecular weight is 239 g/mol. The molecule has 1 atom stereocenters. The van der Waals surface area contributed by atoms with Crippen molar-refractivity contribution in [2.75, 3.05) is 26.8 Å². The molecule has 3 heteroatoms. The van der Waals surface area contributed by atoms with Crippen molar-refractivity contribution >= 4 is 0 Å². The van der Waals surface area contributed by atoms with Crippen LogP contribution < -0.4 is 5.32 Å². The number of hydrogen-bond donors (Lipinski definition) is 1. The van der Waals surface area contributed by atoms with Crippen molar-refractivity contribution in [3.8, 4) is 0 Å². The highest BCUT2D eigenvalue weighted by atomic mass is 19.1. The van der Waals surface area contributed by atoms with E-state index in [0.29, 0.717) is 5.92 Å². The van der Waals surface area contributed by atoms with Gasteiger partial charge in [-0.2, -0.15) is 0 Å². The van der Waals surface area contributed by atoms with Crippen molar-refractivity contribution in [2.24, 2.45) is 5.92 Å². The molecule has 0 radical (unpaired) electrons. The van der Waals surface area contributed by atoms with Crippen LogP contribution in [0.2, 0.25) is 0 Å². The molecule has 0 aromatic heterocycles. The summed E-state index contributed by atoms with van der Waals surface area (Å²) in [6.07, 6.45) is 1.72. The molecule has 0 saturated carbocycles. The molecule has 96 valence electrons. The topological polar surface area (TPSA) is 21.3 Å². The van der Waals surface area contributed by atoms with Gasteiger partial charge in [-0.1, -0.05) is 25.1 Å². The molecule has 1 aromatic carbocycles. The van der Waals surface area contributed by atoms with Crippen LogP contribution >= 0.6 is 0 Å². The van der Waals surface area contributed by atoms with Crippen molar-refractivity contribution in [2.45, 2.75) is 19.8 Å². The van der Waals surface area contributed by atoms with Gasteiger partial charge in [-0.05, 0) is 43.5 Å². The fraction of sp³-hybridized carbons (Fsp3) is 0.571. The Morgan fingerprint density at radius 3 is 2.76 bits per heavy atom. The molecule has 0 aliphatic heterocycles. The van der Waals surface area contributed by atoms with E-state index in [1.807, 2.05) is 12.1 Å². The molecule has 0 aliphatic rings. The van der Waals surface area contributed by atoms with E-state index in [4.69, 9.17) is 4.74 Å². The van der Waals surface area contributed by atoms with E-state index in [1.165, 1.54) is 6.07 Å². The predicted molar refractivity (Wildman–Crippen MR) is 68.6 cm³/mol. The number of methoxy groups -OCH3 is 1. The van der Waals surface area contributed by atoms with Gasteiger partial charge in [-0.15, -0.1) is 0 Å². The van der Waals surface area contributed by atoms with Crippen LogP contribution in [0.15, 0.2) is 24.3 Å². The van der Waals surface area contributed by atoms with E-state index in [9.17, 15) is 4.39 Å². The monoisotopic (exact) mass is 239 g/mol. The molecule has 2 nitrogen and oxygen atoms in total. The summed E-state index contributed by atoms with van der Waals surface area (Å²) in [5.41, 5.74) is 0.798. The van der Waals surface area contributed by atoms with E-state index in [0.717, 1.165) is 38.1 Å². The van der Waals surface area contributed by atoms with Crippen molar-refractivity contribution in [3.05, 3.63) is 35.6 Å². The van der Waals surface area contributed by atoms with Gasteiger partial charge in [0.05, 0.1) is 0 Å². The normalized spacial score (nSPS) is 12.6. The number of benzene rings is 1. The van der Waals surface area contributed by atoms with E-state index >= 15 is 0 Å². The first-order valence-electron chi connectivity index (χ1n) is 6.21. The minimum Gasteiger partial charge on any atom is -0.385 e. The second-order valence-corrected chi connectivity index (χ2v) is 4.25. The van der Waals surface area contributed by atoms with Crippen LogP contribution in [-0.4, -0.2) is 26.8 Å². The van der Waals surface area contributed by atoms with Crippen LogP contribution in [-0.2, 0) is 11.2 Å². The Labute approximate surface area is 103 Å². The second kappa shape index (κ2) is 8.20. The molecule has 0 amide bonds. The maximum absolute atomic E-state index is 13.5. The summed E-state index contributed by atoms with van der Waals surface area (Å²) in [4.78, 5) is 0. The Kier molecular flexibility index (Phi) is 6.82. The quantitative estimate of drug-likeness (QED) is 0.753. The molecule has 17 heavy (non-hydrogen) atoms. The maximum atomic E-state index is 13.5. The Balaban J connectivity index is 2.55. The summed E-state index contributed by atoms with van der Waals surface area (Å²) in [6.45, 7) is 4.66. The van der Waals surface area contributed by atoms with Crippen LogP contribution in [0.4, 0.5) is 4.39 Å². The number of rotatable bonds is 8. The summed E-state index contributed by atoms with van der Waals surface area (Å²) in [5.74, 6) is 0.318. The van der Waals surface area contributed by atoms with Gasteiger partial charge < -0.3 is 10.1 Å². The smallest absolute Gasteiger partial charge is 0.126 e. The van der Waals surface area contributed by atoms with Gasteiger partial charge in [0.1, 0.15) is 5.82 Å². The fourth-order valence-electron chi connectivity index (χ4n) is 1.88. The molecule has 0 spiro atoms. The number of hydrogen-bond acceptors (Lipinski definition) is 2. The first-order valence-corrected chi connectivity index (χ1v) is 6.21. The van der Waals surface area contributed by atoms with E-state index < -0.39 is 0 Å². The zero-order valence-corrected chi connectivity index (χ0v) is 10.7.